The predicted octanol–water partition coefficient (Wildman–Crippen LogP) is 4.91. The third kappa shape index (κ3) is 7.57. The highest BCUT2D eigenvalue weighted by molar-refractivity contribution is 9.11. The van der Waals surface area contributed by atoms with Crippen LogP contribution in [0, 0.1) is 0 Å². The van der Waals surface area contributed by atoms with Gasteiger partial charge in [0.2, 0.25) is 0 Å². The Balaban J connectivity index is 1.89. The zero-order valence-corrected chi connectivity index (χ0v) is 24.0. The number of hydrogen-bond donors (Lipinski definition) is 4. The summed E-state index contributed by atoms with van der Waals surface area (Å²) in [6.45, 7) is 1.23. The second-order valence-electron chi connectivity index (χ2n) is 6.82. The largest absolute Gasteiger partial charge is 0.506 e. The van der Waals surface area contributed by atoms with Crippen LogP contribution in [0.15, 0.2) is 41.2 Å². The van der Waals surface area contributed by atoms with Crippen molar-refractivity contribution >= 4 is 75.3 Å². The van der Waals surface area contributed by atoms with E-state index < -0.39 is 5.91 Å². The number of oxime groups is 1. The molecule has 0 saturated heterocycles. The molecule has 0 heterocycles. The smallest absolute Gasteiger partial charge is 0.269 e. The summed E-state index contributed by atoms with van der Waals surface area (Å²) in [5.74, 6) is 0.431. The van der Waals surface area contributed by atoms with Crippen molar-refractivity contribution in [3.8, 4) is 17.2 Å². The van der Waals surface area contributed by atoms with Crippen molar-refractivity contribution in [1.82, 2.24) is 5.32 Å². The van der Waals surface area contributed by atoms with Crippen molar-refractivity contribution in [3.05, 3.63) is 47.2 Å². The van der Waals surface area contributed by atoms with Crippen LogP contribution in [-0.2, 0) is 17.6 Å². The first-order valence-electron chi connectivity index (χ1n) is 9.77. The van der Waals surface area contributed by atoms with Gasteiger partial charge in [0, 0.05) is 18.5 Å². The molecule has 12 heteroatoms. The number of nitrogens with one attached hydrogen (secondary N) is 1. The number of carbonyl (C=O) groups excluding carboxylic acids is 1. The van der Waals surface area contributed by atoms with Crippen molar-refractivity contribution in [2.75, 3.05) is 26.8 Å². The van der Waals surface area contributed by atoms with E-state index in [1.54, 1.807) is 6.07 Å². The Labute approximate surface area is 225 Å². The number of halogens is 4. The van der Waals surface area contributed by atoms with E-state index in [9.17, 15) is 15.1 Å². The van der Waals surface area contributed by atoms with Gasteiger partial charge in [0.1, 0.15) is 21.7 Å². The number of nitrogens with zero attached hydrogens (tertiary/aromatic N) is 1. The first kappa shape index (κ1) is 27.9. The van der Waals surface area contributed by atoms with Crippen LogP contribution < -0.4 is 20.5 Å². The lowest BCUT2D eigenvalue weighted by Crippen LogP contribution is -2.33. The molecule has 0 fully saturated rings. The van der Waals surface area contributed by atoms with Gasteiger partial charge in [0.05, 0.1) is 27.1 Å². The summed E-state index contributed by atoms with van der Waals surface area (Å²) in [5.41, 5.74) is 6.93. The molecular formula is C21H23Br4N3O5. The highest BCUT2D eigenvalue weighted by Gasteiger charge is 2.20. The number of hydrogen-bond acceptors (Lipinski definition) is 7. The minimum Gasteiger partial charge on any atom is -0.506 e. The number of amides is 1. The van der Waals surface area contributed by atoms with E-state index in [-0.39, 0.29) is 17.9 Å². The highest BCUT2D eigenvalue weighted by Crippen LogP contribution is 2.42. The normalized spacial score (nSPS) is 11.4. The number of rotatable bonds is 11. The van der Waals surface area contributed by atoms with E-state index >= 15 is 0 Å². The summed E-state index contributed by atoms with van der Waals surface area (Å²) < 4.78 is 13.6. The van der Waals surface area contributed by atoms with Gasteiger partial charge < -0.3 is 30.8 Å². The van der Waals surface area contributed by atoms with Crippen LogP contribution >= 0.6 is 63.7 Å². The van der Waals surface area contributed by atoms with E-state index in [0.29, 0.717) is 52.1 Å². The van der Waals surface area contributed by atoms with Gasteiger partial charge >= 0.3 is 0 Å². The third-order valence-electron chi connectivity index (χ3n) is 4.52. The molecule has 0 spiro atoms. The molecule has 0 aromatic heterocycles. The Hall–Kier alpha value is -1.34. The molecule has 1 amide bonds. The number of methoxy groups -OCH3 is 1. The maximum atomic E-state index is 12.4. The van der Waals surface area contributed by atoms with Crippen molar-refractivity contribution in [2.24, 2.45) is 10.9 Å². The number of carbonyl (C=O) groups is 1. The number of benzene rings is 2. The first-order valence-corrected chi connectivity index (χ1v) is 12.9. The molecule has 33 heavy (non-hydrogen) atoms. The Kier molecular flexibility index (Phi) is 11.4. The van der Waals surface area contributed by atoms with Gasteiger partial charge in [-0.25, -0.2) is 0 Å². The topological polar surface area (TPSA) is 126 Å². The van der Waals surface area contributed by atoms with Gasteiger partial charge in [0.15, 0.2) is 5.75 Å². The lowest BCUT2D eigenvalue weighted by molar-refractivity contribution is -0.115. The molecule has 0 aliphatic heterocycles. The Morgan fingerprint density at radius 1 is 1.12 bits per heavy atom. The van der Waals surface area contributed by atoms with Crippen LogP contribution in [-0.4, -0.2) is 48.7 Å². The zero-order valence-electron chi connectivity index (χ0n) is 17.6. The summed E-state index contributed by atoms with van der Waals surface area (Å²) >= 11 is 13.6. The van der Waals surface area contributed by atoms with Gasteiger partial charge in [-0.1, -0.05) is 5.16 Å². The van der Waals surface area contributed by atoms with Crippen LogP contribution in [0.25, 0.3) is 0 Å². The molecular weight excluding hydrogens is 694 g/mol. The van der Waals surface area contributed by atoms with E-state index in [1.807, 2.05) is 12.1 Å². The molecule has 0 atom stereocenters. The molecule has 0 aliphatic carbocycles. The van der Waals surface area contributed by atoms with Crippen LogP contribution in [0.1, 0.15) is 17.5 Å². The average molecular weight is 717 g/mol. The Morgan fingerprint density at radius 3 is 2.33 bits per heavy atom. The summed E-state index contributed by atoms with van der Waals surface area (Å²) in [5, 5.41) is 25.5. The lowest BCUT2D eigenvalue weighted by Gasteiger charge is -2.14. The fourth-order valence-corrected chi connectivity index (χ4v) is 5.96. The SMILES string of the molecule is COc1c(Br)cc(CC(=NO)C(=O)NCCCOc2c(Br)cc(CCN)cc2Br)c(O)c1Br. The zero-order chi connectivity index (χ0) is 24.5. The molecule has 0 aliphatic rings. The van der Waals surface area contributed by atoms with Gasteiger partial charge in [-0.15, -0.1) is 0 Å². The number of phenolic OH excluding ortho intramolecular Hbond substituents is 1. The first-order chi connectivity index (χ1) is 15.7. The molecule has 2 aromatic carbocycles. The van der Waals surface area contributed by atoms with E-state index in [1.165, 1.54) is 7.11 Å². The minimum atomic E-state index is -0.548. The van der Waals surface area contributed by atoms with Crippen LogP contribution in [0.4, 0.5) is 0 Å². The Bertz CT molecular complexity index is 1010. The van der Waals surface area contributed by atoms with Gasteiger partial charge in [0.25, 0.3) is 5.91 Å². The summed E-state index contributed by atoms with van der Waals surface area (Å²) in [7, 11) is 1.47. The number of aromatic hydroxyl groups is 1. The van der Waals surface area contributed by atoms with Crippen LogP contribution in [0.5, 0.6) is 17.2 Å². The van der Waals surface area contributed by atoms with E-state index in [2.05, 4.69) is 74.2 Å². The fourth-order valence-electron chi connectivity index (χ4n) is 2.92. The number of nitrogens with two attached hydrogens (primary N) is 1. The molecule has 8 nitrogen and oxygen atoms in total. The molecule has 5 N–H and O–H groups in total. The predicted molar refractivity (Wildman–Crippen MR) is 141 cm³/mol. The quantitative estimate of drug-likeness (QED) is 0.113. The fraction of sp³-hybridized carbons (Fsp3) is 0.333. The molecule has 0 saturated carbocycles. The van der Waals surface area contributed by atoms with Crippen molar-refractivity contribution in [2.45, 2.75) is 19.3 Å². The number of ether oxygens (including phenoxy) is 2. The lowest BCUT2D eigenvalue weighted by atomic mass is 10.1. The van der Waals surface area contributed by atoms with Crippen LogP contribution in [0.2, 0.25) is 0 Å². The molecule has 2 aromatic rings. The molecule has 2 rings (SSSR count). The molecule has 180 valence electrons. The third-order valence-corrected chi connectivity index (χ3v) is 7.02. The summed E-state index contributed by atoms with van der Waals surface area (Å²) in [6.07, 6.45) is 1.21. The second-order valence-corrected chi connectivity index (χ2v) is 10.2. The van der Waals surface area contributed by atoms with Gasteiger partial charge in [-0.05, 0) is 107 Å². The number of phenols is 1. The summed E-state index contributed by atoms with van der Waals surface area (Å²) in [6, 6.07) is 5.52. The van der Waals surface area contributed by atoms with Crippen molar-refractivity contribution in [3.63, 3.8) is 0 Å². The summed E-state index contributed by atoms with van der Waals surface area (Å²) in [4.78, 5) is 12.4. The average Bonchev–Trinajstić information content (AvgIpc) is 2.77. The Morgan fingerprint density at radius 2 is 1.76 bits per heavy atom. The molecule has 0 unspecified atom stereocenters. The molecule has 0 bridgehead atoms. The highest BCUT2D eigenvalue weighted by atomic mass is 79.9. The minimum absolute atomic E-state index is 0.0824. The monoisotopic (exact) mass is 713 g/mol. The standard InChI is InChI=1S/C21H23Br4N3O5/c1-32-20-15(24)9-12(18(29)17(20)25)10-16(28-31)21(30)27-5-2-6-33-19-13(22)7-11(3-4-26)8-14(19)23/h7-9,29,31H,2-6,10,26H2,1H3,(H,27,30). The second kappa shape index (κ2) is 13.5. The maximum absolute atomic E-state index is 12.4. The van der Waals surface area contributed by atoms with Gasteiger partial charge in [-0.2, -0.15) is 0 Å². The van der Waals surface area contributed by atoms with Crippen molar-refractivity contribution in [1.29, 1.82) is 0 Å². The van der Waals surface area contributed by atoms with E-state index in [4.69, 9.17) is 15.2 Å². The van der Waals surface area contributed by atoms with E-state index in [0.717, 1.165) is 20.9 Å². The van der Waals surface area contributed by atoms with Crippen LogP contribution in [0.3, 0.4) is 0 Å². The maximum Gasteiger partial charge on any atom is 0.269 e. The van der Waals surface area contributed by atoms with Gasteiger partial charge in [-0.3, -0.25) is 4.79 Å². The van der Waals surface area contributed by atoms with Crippen molar-refractivity contribution < 1.29 is 24.6 Å². The molecule has 0 radical (unpaired) electrons.